The van der Waals surface area contributed by atoms with E-state index < -0.39 is 51.7 Å². The van der Waals surface area contributed by atoms with Crippen molar-refractivity contribution in [3.05, 3.63) is 52.9 Å². The topological polar surface area (TPSA) is 30.0 Å². The second-order valence-electron chi connectivity index (χ2n) is 3.65. The lowest BCUT2D eigenvalue weighted by Crippen LogP contribution is -2.05. The van der Waals surface area contributed by atoms with Crippen LogP contribution in [0.4, 0.5) is 26.3 Å². The summed E-state index contributed by atoms with van der Waals surface area (Å²) >= 11 is 0. The number of carbonyl (C=O) groups is 1. The van der Waals surface area contributed by atoms with Gasteiger partial charge in [0.2, 0.25) is 5.82 Å². The van der Waals surface area contributed by atoms with Gasteiger partial charge < -0.3 is 0 Å². The predicted molar refractivity (Wildman–Crippen MR) is 54.8 cm³/mol. The van der Waals surface area contributed by atoms with Gasteiger partial charge >= 0.3 is 0 Å². The van der Waals surface area contributed by atoms with Crippen LogP contribution in [0.1, 0.15) is 10.5 Å². The molecule has 8 heteroatoms. The van der Waals surface area contributed by atoms with Crippen LogP contribution < -0.4 is 0 Å². The molecule has 0 aliphatic carbocycles. The summed E-state index contributed by atoms with van der Waals surface area (Å²) < 4.78 is 79.1. The van der Waals surface area contributed by atoms with Crippen molar-refractivity contribution in [2.24, 2.45) is 0 Å². The monoisotopic (exact) mass is 291 g/mol. The van der Waals surface area contributed by atoms with Crippen molar-refractivity contribution in [1.29, 1.82) is 0 Å². The molecule has 1 aromatic heterocycles. The minimum Gasteiger partial charge on any atom is -0.296 e. The molecule has 0 spiro atoms. The van der Waals surface area contributed by atoms with Gasteiger partial charge in [-0.1, -0.05) is 0 Å². The third-order valence-corrected chi connectivity index (χ3v) is 2.48. The van der Waals surface area contributed by atoms with Crippen LogP contribution in [0.25, 0.3) is 11.1 Å². The molecule has 1 heterocycles. The van der Waals surface area contributed by atoms with Crippen molar-refractivity contribution < 1.29 is 31.1 Å². The molecule has 0 aliphatic rings. The molecule has 0 bridgehead atoms. The van der Waals surface area contributed by atoms with E-state index in [0.717, 1.165) is 0 Å². The summed E-state index contributed by atoms with van der Waals surface area (Å²) in [5.41, 5.74) is -2.65. The molecule has 0 fully saturated rings. The van der Waals surface area contributed by atoms with E-state index in [2.05, 4.69) is 4.98 Å². The fourth-order valence-corrected chi connectivity index (χ4v) is 1.53. The molecule has 20 heavy (non-hydrogen) atoms. The number of aromatic nitrogens is 1. The van der Waals surface area contributed by atoms with Crippen LogP contribution in [0.5, 0.6) is 0 Å². The highest BCUT2D eigenvalue weighted by atomic mass is 19.2. The van der Waals surface area contributed by atoms with Crippen molar-refractivity contribution in [3.8, 4) is 11.1 Å². The molecule has 0 N–H and O–H groups in total. The van der Waals surface area contributed by atoms with Crippen molar-refractivity contribution in [2.75, 3.05) is 0 Å². The van der Waals surface area contributed by atoms with Crippen molar-refractivity contribution in [1.82, 2.24) is 4.98 Å². The molecule has 104 valence electrons. The lowest BCUT2D eigenvalue weighted by molar-refractivity contribution is 0.111. The lowest BCUT2D eigenvalue weighted by atomic mass is 10.0. The van der Waals surface area contributed by atoms with E-state index in [9.17, 15) is 31.1 Å². The Kier molecular flexibility index (Phi) is 3.47. The number of nitrogens with zero attached hydrogens (tertiary/aromatic N) is 1. The average molecular weight is 291 g/mol. The van der Waals surface area contributed by atoms with E-state index in [0.29, 0.717) is 12.3 Å². The van der Waals surface area contributed by atoms with Gasteiger partial charge in [-0.2, -0.15) is 0 Å². The van der Waals surface area contributed by atoms with E-state index in [-0.39, 0.29) is 6.29 Å². The van der Waals surface area contributed by atoms with Gasteiger partial charge in [-0.15, -0.1) is 0 Å². The summed E-state index contributed by atoms with van der Waals surface area (Å²) in [6.07, 6.45) is 0.669. The first-order chi connectivity index (χ1) is 9.38. The maximum atomic E-state index is 13.5. The number of benzene rings is 1. The Bertz CT molecular complexity index is 687. The number of halogens is 6. The highest BCUT2D eigenvalue weighted by Crippen LogP contribution is 2.31. The minimum atomic E-state index is -2.32. The highest BCUT2D eigenvalue weighted by molar-refractivity contribution is 5.74. The lowest BCUT2D eigenvalue weighted by Gasteiger charge is -2.08. The molecule has 0 radical (unpaired) electrons. The molecule has 0 saturated carbocycles. The van der Waals surface area contributed by atoms with Crippen LogP contribution >= 0.6 is 0 Å². The Morgan fingerprint density at radius 2 is 1.35 bits per heavy atom. The Morgan fingerprint density at radius 1 is 0.850 bits per heavy atom. The van der Waals surface area contributed by atoms with Crippen molar-refractivity contribution >= 4 is 6.29 Å². The number of hydrogen-bond donors (Lipinski definition) is 0. The fourth-order valence-electron chi connectivity index (χ4n) is 1.53. The summed E-state index contributed by atoms with van der Waals surface area (Å²) in [4.78, 5) is 13.6. The Balaban J connectivity index is 2.76. The zero-order valence-electron chi connectivity index (χ0n) is 9.36. The maximum Gasteiger partial charge on any atom is 0.200 e. The van der Waals surface area contributed by atoms with Crippen molar-refractivity contribution in [2.45, 2.75) is 0 Å². The van der Waals surface area contributed by atoms with Gasteiger partial charge in [0.1, 0.15) is 5.69 Å². The fraction of sp³-hybridized carbons (Fsp3) is 0. The van der Waals surface area contributed by atoms with Crippen LogP contribution in [0.3, 0.4) is 0 Å². The number of hydrogen-bond acceptors (Lipinski definition) is 2. The third kappa shape index (κ3) is 2.02. The van der Waals surface area contributed by atoms with E-state index in [1.165, 1.54) is 0 Å². The molecular weight excluding hydrogens is 288 g/mol. The molecule has 0 saturated heterocycles. The molecule has 2 aromatic rings. The highest BCUT2D eigenvalue weighted by Gasteiger charge is 2.27. The smallest absolute Gasteiger partial charge is 0.200 e. The first kappa shape index (κ1) is 14.0. The van der Waals surface area contributed by atoms with Crippen LogP contribution in [0.15, 0.2) is 12.3 Å². The van der Waals surface area contributed by atoms with E-state index in [4.69, 9.17) is 0 Å². The maximum absolute atomic E-state index is 13.5. The largest absolute Gasteiger partial charge is 0.296 e. The molecule has 0 amide bonds. The molecule has 0 aliphatic heterocycles. The predicted octanol–water partition coefficient (Wildman–Crippen LogP) is 3.40. The Hall–Kier alpha value is -2.38. The van der Waals surface area contributed by atoms with Crippen LogP contribution in [0, 0.1) is 34.9 Å². The SMILES string of the molecule is O=Cc1ncc(-c2c(F)c(F)c(F)c(F)c2F)cc1F. The van der Waals surface area contributed by atoms with E-state index in [1.807, 2.05) is 0 Å². The van der Waals surface area contributed by atoms with Gasteiger partial charge in [0.15, 0.2) is 35.4 Å². The third-order valence-electron chi connectivity index (χ3n) is 2.48. The molecular formula is C12H3F6NO. The number of carbonyl (C=O) groups excluding carboxylic acids is 1. The quantitative estimate of drug-likeness (QED) is 0.367. The van der Waals surface area contributed by atoms with Gasteiger partial charge in [0.25, 0.3) is 0 Å². The number of rotatable bonds is 2. The summed E-state index contributed by atoms with van der Waals surface area (Å²) in [6, 6.07) is 0.453. The minimum absolute atomic E-state index is 0.0393. The first-order valence-corrected chi connectivity index (χ1v) is 5.01. The average Bonchev–Trinajstić information content (AvgIpc) is 2.43. The Labute approximate surface area is 107 Å². The van der Waals surface area contributed by atoms with Gasteiger partial charge in [0, 0.05) is 11.8 Å². The van der Waals surface area contributed by atoms with E-state index >= 15 is 0 Å². The number of aldehydes is 1. The summed E-state index contributed by atoms with van der Waals surface area (Å²) in [5.74, 6) is -12.1. The van der Waals surface area contributed by atoms with Crippen LogP contribution in [-0.2, 0) is 0 Å². The molecule has 1 aromatic carbocycles. The van der Waals surface area contributed by atoms with Crippen LogP contribution in [0.2, 0.25) is 0 Å². The number of pyridine rings is 1. The van der Waals surface area contributed by atoms with E-state index in [1.54, 1.807) is 0 Å². The molecule has 0 unspecified atom stereocenters. The van der Waals surface area contributed by atoms with Crippen LogP contribution in [-0.4, -0.2) is 11.3 Å². The standard InChI is InChI=1S/C12H3F6NO/c13-5-1-4(2-19-6(5)3-20)7-8(14)10(16)12(18)11(17)9(7)15/h1-3H. The Morgan fingerprint density at radius 3 is 1.80 bits per heavy atom. The summed E-state index contributed by atoms with van der Waals surface area (Å²) in [5, 5.41) is 0. The molecule has 2 nitrogen and oxygen atoms in total. The summed E-state index contributed by atoms with van der Waals surface area (Å²) in [7, 11) is 0. The normalized spacial score (nSPS) is 10.7. The second kappa shape index (κ2) is 4.95. The van der Waals surface area contributed by atoms with Crippen molar-refractivity contribution in [3.63, 3.8) is 0 Å². The first-order valence-electron chi connectivity index (χ1n) is 5.01. The summed E-state index contributed by atoms with van der Waals surface area (Å²) in [6.45, 7) is 0. The molecule has 2 rings (SSSR count). The second-order valence-corrected chi connectivity index (χ2v) is 3.65. The zero-order chi connectivity index (χ0) is 15.0. The van der Waals surface area contributed by atoms with Gasteiger partial charge in [-0.25, -0.2) is 31.3 Å². The molecule has 0 atom stereocenters. The van der Waals surface area contributed by atoms with Gasteiger partial charge in [-0.3, -0.25) is 4.79 Å². The zero-order valence-corrected chi connectivity index (χ0v) is 9.36. The van der Waals surface area contributed by atoms with Gasteiger partial charge in [-0.05, 0) is 6.07 Å². The van der Waals surface area contributed by atoms with Gasteiger partial charge in [0.05, 0.1) is 5.56 Å².